The number of anilines is 2. The van der Waals surface area contributed by atoms with E-state index in [0.29, 0.717) is 43.9 Å². The molecular formula is C31H29FN6O. The van der Waals surface area contributed by atoms with Gasteiger partial charge in [0, 0.05) is 67.2 Å². The maximum absolute atomic E-state index is 14.0. The van der Waals surface area contributed by atoms with E-state index in [4.69, 9.17) is 4.98 Å². The summed E-state index contributed by atoms with van der Waals surface area (Å²) in [6.07, 6.45) is 0. The van der Waals surface area contributed by atoms with Crippen LogP contribution < -0.4 is 5.32 Å². The molecule has 0 spiro atoms. The van der Waals surface area contributed by atoms with Crippen LogP contribution in [0, 0.1) is 12.7 Å². The summed E-state index contributed by atoms with van der Waals surface area (Å²) in [6.45, 7) is 5.15. The standard InChI is InChI=1S/C31H29FN6O/c1-22-19-29-34-28(23-7-3-2-4-8-23)20-30(38(29)35-22)33-26-13-11-24(12-14-26)31(39)37-17-15-36(16-18-37)21-25-9-5-6-10-27(25)32/h2-14,19-20,33H,15-18,21H2,1H3. The van der Waals surface area contributed by atoms with Crippen molar-refractivity contribution in [2.45, 2.75) is 13.5 Å². The second kappa shape index (κ2) is 10.7. The van der Waals surface area contributed by atoms with E-state index >= 15 is 0 Å². The number of carbonyl (C=O) groups excluding carboxylic acids is 1. The molecule has 6 rings (SSSR count). The number of carbonyl (C=O) groups is 1. The number of halogens is 1. The van der Waals surface area contributed by atoms with Gasteiger partial charge in [0.15, 0.2) is 5.65 Å². The minimum atomic E-state index is -0.184. The second-order valence-electron chi connectivity index (χ2n) is 9.81. The molecule has 7 nitrogen and oxygen atoms in total. The first-order valence-corrected chi connectivity index (χ1v) is 13.1. The molecular weight excluding hydrogens is 491 g/mol. The Hall–Kier alpha value is -4.56. The van der Waals surface area contributed by atoms with E-state index < -0.39 is 0 Å². The molecule has 0 unspecified atom stereocenters. The number of fused-ring (bicyclic) bond motifs is 1. The van der Waals surface area contributed by atoms with Gasteiger partial charge in [0.2, 0.25) is 0 Å². The molecule has 1 saturated heterocycles. The highest BCUT2D eigenvalue weighted by molar-refractivity contribution is 5.94. The first-order chi connectivity index (χ1) is 19.0. The van der Waals surface area contributed by atoms with Gasteiger partial charge in [0.25, 0.3) is 5.91 Å². The van der Waals surface area contributed by atoms with Crippen molar-refractivity contribution in [1.29, 1.82) is 0 Å². The topological polar surface area (TPSA) is 65.8 Å². The first-order valence-electron chi connectivity index (χ1n) is 13.1. The summed E-state index contributed by atoms with van der Waals surface area (Å²) in [5.41, 5.74) is 5.70. The van der Waals surface area contributed by atoms with E-state index in [1.54, 1.807) is 10.6 Å². The van der Waals surface area contributed by atoms with E-state index in [1.165, 1.54) is 6.07 Å². The predicted molar refractivity (Wildman–Crippen MR) is 150 cm³/mol. The number of piperazine rings is 1. The first kappa shape index (κ1) is 24.8. The van der Waals surface area contributed by atoms with Gasteiger partial charge >= 0.3 is 0 Å². The Bertz CT molecular complexity index is 1610. The molecule has 3 heterocycles. The fourth-order valence-corrected chi connectivity index (χ4v) is 4.94. The van der Waals surface area contributed by atoms with Crippen molar-refractivity contribution in [2.24, 2.45) is 0 Å². The number of nitrogens with one attached hydrogen (secondary N) is 1. The predicted octanol–water partition coefficient (Wildman–Crippen LogP) is 5.55. The Morgan fingerprint density at radius 3 is 2.36 bits per heavy atom. The SMILES string of the molecule is Cc1cc2nc(-c3ccccc3)cc(Nc3ccc(C(=O)N4CCN(Cc5ccccc5F)CC4)cc3)n2n1. The fraction of sp³-hybridized carbons (Fsp3) is 0.194. The molecule has 39 heavy (non-hydrogen) atoms. The van der Waals surface area contributed by atoms with E-state index in [0.717, 1.165) is 34.1 Å². The normalized spacial score (nSPS) is 14.1. The minimum Gasteiger partial charge on any atom is -0.340 e. The average molecular weight is 521 g/mol. The van der Waals surface area contributed by atoms with E-state index in [1.807, 2.05) is 90.7 Å². The van der Waals surface area contributed by atoms with E-state index in [9.17, 15) is 9.18 Å². The molecule has 0 aliphatic carbocycles. The third-order valence-electron chi connectivity index (χ3n) is 7.03. The molecule has 0 bridgehead atoms. The number of aryl methyl sites for hydroxylation is 1. The van der Waals surface area contributed by atoms with Crippen molar-refractivity contribution in [3.63, 3.8) is 0 Å². The van der Waals surface area contributed by atoms with Gasteiger partial charge in [-0.3, -0.25) is 9.69 Å². The molecule has 1 N–H and O–H groups in total. The van der Waals surface area contributed by atoms with Crippen LogP contribution in [0.1, 0.15) is 21.6 Å². The Morgan fingerprint density at radius 2 is 1.62 bits per heavy atom. The van der Waals surface area contributed by atoms with Crippen LogP contribution in [0.15, 0.2) is 91.0 Å². The molecule has 196 valence electrons. The summed E-state index contributed by atoms with van der Waals surface area (Å²) in [5, 5.41) is 8.04. The summed E-state index contributed by atoms with van der Waals surface area (Å²) >= 11 is 0. The minimum absolute atomic E-state index is 0.00691. The van der Waals surface area contributed by atoms with Gasteiger partial charge in [-0.2, -0.15) is 9.61 Å². The monoisotopic (exact) mass is 520 g/mol. The smallest absolute Gasteiger partial charge is 0.253 e. The van der Waals surface area contributed by atoms with Gasteiger partial charge in [-0.1, -0.05) is 48.5 Å². The van der Waals surface area contributed by atoms with Crippen LogP contribution in [0.4, 0.5) is 15.9 Å². The van der Waals surface area contributed by atoms with Crippen molar-refractivity contribution in [3.8, 4) is 11.3 Å². The van der Waals surface area contributed by atoms with Crippen molar-refractivity contribution in [3.05, 3.63) is 114 Å². The Balaban J connectivity index is 1.14. The number of hydrogen-bond donors (Lipinski definition) is 1. The molecule has 2 aromatic heterocycles. The molecule has 0 atom stereocenters. The maximum Gasteiger partial charge on any atom is 0.253 e. The maximum atomic E-state index is 14.0. The number of amides is 1. The molecule has 5 aromatic rings. The van der Waals surface area contributed by atoms with Crippen molar-refractivity contribution in [1.82, 2.24) is 24.4 Å². The average Bonchev–Trinajstić information content (AvgIpc) is 3.36. The number of hydrogen-bond acceptors (Lipinski definition) is 5. The zero-order chi connectivity index (χ0) is 26.8. The van der Waals surface area contributed by atoms with Crippen LogP contribution in [0.5, 0.6) is 0 Å². The molecule has 0 saturated carbocycles. The molecule has 1 amide bonds. The summed E-state index contributed by atoms with van der Waals surface area (Å²) in [4.78, 5) is 22.0. The molecule has 3 aromatic carbocycles. The zero-order valence-electron chi connectivity index (χ0n) is 21.7. The summed E-state index contributed by atoms with van der Waals surface area (Å²) < 4.78 is 15.8. The lowest BCUT2D eigenvalue weighted by molar-refractivity contribution is 0.0627. The zero-order valence-corrected chi connectivity index (χ0v) is 21.7. The van der Waals surface area contributed by atoms with Gasteiger partial charge in [0.1, 0.15) is 11.6 Å². The summed E-state index contributed by atoms with van der Waals surface area (Å²) in [5.74, 6) is 0.612. The largest absolute Gasteiger partial charge is 0.340 e. The molecule has 8 heteroatoms. The lowest BCUT2D eigenvalue weighted by atomic mass is 10.1. The van der Waals surface area contributed by atoms with Gasteiger partial charge in [0.05, 0.1) is 11.4 Å². The lowest BCUT2D eigenvalue weighted by Crippen LogP contribution is -2.48. The summed E-state index contributed by atoms with van der Waals surface area (Å²) in [7, 11) is 0. The number of aromatic nitrogens is 3. The third kappa shape index (κ3) is 5.37. The molecule has 1 fully saturated rings. The number of benzene rings is 3. The van der Waals surface area contributed by atoms with Gasteiger partial charge in [-0.15, -0.1) is 0 Å². The highest BCUT2D eigenvalue weighted by Gasteiger charge is 2.23. The third-order valence-corrected chi connectivity index (χ3v) is 7.03. The van der Waals surface area contributed by atoms with Crippen LogP contribution >= 0.6 is 0 Å². The van der Waals surface area contributed by atoms with Crippen LogP contribution in [0.25, 0.3) is 16.9 Å². The number of rotatable bonds is 6. The van der Waals surface area contributed by atoms with Gasteiger partial charge in [-0.05, 0) is 37.3 Å². The molecule has 1 aliphatic rings. The lowest BCUT2D eigenvalue weighted by Gasteiger charge is -2.34. The van der Waals surface area contributed by atoms with Crippen LogP contribution in [-0.4, -0.2) is 56.5 Å². The second-order valence-corrected chi connectivity index (χ2v) is 9.81. The Morgan fingerprint density at radius 1 is 0.897 bits per heavy atom. The van der Waals surface area contributed by atoms with E-state index in [-0.39, 0.29) is 11.7 Å². The molecule has 1 aliphatic heterocycles. The van der Waals surface area contributed by atoms with Crippen molar-refractivity contribution < 1.29 is 9.18 Å². The van der Waals surface area contributed by atoms with Crippen LogP contribution in [0.2, 0.25) is 0 Å². The Labute approximate surface area is 226 Å². The van der Waals surface area contributed by atoms with Crippen LogP contribution in [0.3, 0.4) is 0 Å². The van der Waals surface area contributed by atoms with E-state index in [2.05, 4.69) is 15.3 Å². The van der Waals surface area contributed by atoms with Crippen LogP contribution in [-0.2, 0) is 6.54 Å². The molecule has 0 radical (unpaired) electrons. The van der Waals surface area contributed by atoms with Gasteiger partial charge in [-0.25, -0.2) is 9.37 Å². The van der Waals surface area contributed by atoms with Crippen molar-refractivity contribution in [2.75, 3.05) is 31.5 Å². The quantitative estimate of drug-likeness (QED) is 0.318. The number of nitrogens with zero attached hydrogens (tertiary/aromatic N) is 5. The van der Waals surface area contributed by atoms with Gasteiger partial charge < -0.3 is 10.2 Å². The van der Waals surface area contributed by atoms with Crippen molar-refractivity contribution >= 4 is 23.1 Å². The fourth-order valence-electron chi connectivity index (χ4n) is 4.94. The Kier molecular flexibility index (Phi) is 6.77. The highest BCUT2D eigenvalue weighted by atomic mass is 19.1. The highest BCUT2D eigenvalue weighted by Crippen LogP contribution is 2.25. The summed E-state index contributed by atoms with van der Waals surface area (Å²) in [6, 6.07) is 28.4.